The molecule has 3 N–H and O–H groups in total. The van der Waals surface area contributed by atoms with Gasteiger partial charge in [-0.1, -0.05) is 17.7 Å². The van der Waals surface area contributed by atoms with E-state index in [9.17, 15) is 0 Å². The third-order valence-electron chi connectivity index (χ3n) is 2.89. The molecule has 0 spiro atoms. The molecule has 1 aromatic rings. The van der Waals surface area contributed by atoms with Gasteiger partial charge in [0.2, 0.25) is 0 Å². The summed E-state index contributed by atoms with van der Waals surface area (Å²) in [6.45, 7) is 7.05. The lowest BCUT2D eigenvalue weighted by molar-refractivity contribution is 0.166. The lowest BCUT2D eigenvalue weighted by Gasteiger charge is -2.18. The monoisotopic (exact) mass is 222 g/mol. The highest BCUT2D eigenvalue weighted by Crippen LogP contribution is 2.18. The summed E-state index contributed by atoms with van der Waals surface area (Å²) in [6, 6.07) is 4.59. The van der Waals surface area contributed by atoms with E-state index in [1.807, 2.05) is 0 Å². The number of nitrogens with two attached hydrogens (primary N) is 1. The number of rotatable bonds is 5. The molecule has 1 rings (SSSR count). The van der Waals surface area contributed by atoms with Crippen molar-refractivity contribution in [1.82, 2.24) is 5.43 Å². The van der Waals surface area contributed by atoms with Crippen molar-refractivity contribution >= 4 is 0 Å². The predicted molar refractivity (Wildman–Crippen MR) is 67.3 cm³/mol. The van der Waals surface area contributed by atoms with Crippen molar-refractivity contribution in [1.29, 1.82) is 0 Å². The maximum Gasteiger partial charge on any atom is 0.0632 e. The minimum absolute atomic E-state index is 0.171. The Kier molecular flexibility index (Phi) is 4.93. The fourth-order valence-electron chi connectivity index (χ4n) is 2.15. The van der Waals surface area contributed by atoms with Crippen LogP contribution >= 0.6 is 0 Å². The van der Waals surface area contributed by atoms with Gasteiger partial charge in [0.15, 0.2) is 0 Å². The average Bonchev–Trinajstić information content (AvgIpc) is 2.21. The van der Waals surface area contributed by atoms with Gasteiger partial charge in [0, 0.05) is 13.2 Å². The lowest BCUT2D eigenvalue weighted by atomic mass is 9.95. The van der Waals surface area contributed by atoms with Crippen LogP contribution in [0, 0.1) is 20.8 Å². The van der Waals surface area contributed by atoms with Gasteiger partial charge in [-0.3, -0.25) is 11.3 Å². The van der Waals surface area contributed by atoms with E-state index in [0.29, 0.717) is 6.61 Å². The van der Waals surface area contributed by atoms with Crippen LogP contribution in [-0.4, -0.2) is 19.8 Å². The Labute approximate surface area is 98.0 Å². The van der Waals surface area contributed by atoms with Crippen molar-refractivity contribution < 1.29 is 4.74 Å². The molecule has 3 heteroatoms. The number of aryl methyl sites for hydroxylation is 3. The van der Waals surface area contributed by atoms with Gasteiger partial charge in [-0.2, -0.15) is 0 Å². The summed E-state index contributed by atoms with van der Waals surface area (Å²) in [7, 11) is 1.69. The molecule has 1 aromatic carbocycles. The number of methoxy groups -OCH3 is 1. The van der Waals surface area contributed by atoms with E-state index in [-0.39, 0.29) is 6.04 Å². The van der Waals surface area contributed by atoms with Gasteiger partial charge in [0.1, 0.15) is 0 Å². The molecule has 0 heterocycles. The first-order chi connectivity index (χ1) is 7.58. The molecule has 0 saturated heterocycles. The number of hydrazine groups is 1. The number of hydrogen-bond donors (Lipinski definition) is 2. The van der Waals surface area contributed by atoms with E-state index < -0.39 is 0 Å². The van der Waals surface area contributed by atoms with Crippen LogP contribution < -0.4 is 11.3 Å². The minimum atomic E-state index is 0.171. The number of hydrogen-bond acceptors (Lipinski definition) is 3. The Balaban J connectivity index is 2.87. The standard InChI is InChI=1S/C13H22N2O/c1-9-5-10(2)13(11(3)6-9)7-12(15-14)8-16-4/h5-6,12,15H,7-8,14H2,1-4H3. The fourth-order valence-corrected chi connectivity index (χ4v) is 2.15. The Morgan fingerprint density at radius 2 is 1.81 bits per heavy atom. The van der Waals surface area contributed by atoms with Crippen LogP contribution in [0.1, 0.15) is 22.3 Å². The van der Waals surface area contributed by atoms with E-state index in [2.05, 4.69) is 38.3 Å². The second-order valence-corrected chi connectivity index (χ2v) is 4.40. The average molecular weight is 222 g/mol. The Bertz CT molecular complexity index is 327. The molecule has 1 unspecified atom stereocenters. The first kappa shape index (κ1) is 13.2. The predicted octanol–water partition coefficient (Wildman–Crippen LogP) is 1.63. The zero-order chi connectivity index (χ0) is 12.1. The topological polar surface area (TPSA) is 47.3 Å². The van der Waals surface area contributed by atoms with Crippen LogP contribution in [0.5, 0.6) is 0 Å². The van der Waals surface area contributed by atoms with Crippen molar-refractivity contribution in [2.75, 3.05) is 13.7 Å². The first-order valence-electron chi connectivity index (χ1n) is 5.60. The van der Waals surface area contributed by atoms with E-state index in [0.717, 1.165) is 6.42 Å². The van der Waals surface area contributed by atoms with Crippen LogP contribution in [0.2, 0.25) is 0 Å². The molecule has 0 radical (unpaired) electrons. The van der Waals surface area contributed by atoms with Gasteiger partial charge >= 0.3 is 0 Å². The number of nitrogens with one attached hydrogen (secondary N) is 1. The maximum absolute atomic E-state index is 5.51. The zero-order valence-electron chi connectivity index (χ0n) is 10.6. The van der Waals surface area contributed by atoms with E-state index in [1.54, 1.807) is 7.11 Å². The van der Waals surface area contributed by atoms with Crippen molar-refractivity contribution in [3.8, 4) is 0 Å². The molecule has 0 aliphatic carbocycles. The van der Waals surface area contributed by atoms with Gasteiger partial charge in [-0.05, 0) is 43.9 Å². The summed E-state index contributed by atoms with van der Waals surface area (Å²) in [5, 5.41) is 0. The molecule has 0 aliphatic heterocycles. The van der Waals surface area contributed by atoms with Gasteiger partial charge < -0.3 is 4.74 Å². The number of ether oxygens (including phenoxy) is 1. The third kappa shape index (κ3) is 3.30. The van der Waals surface area contributed by atoms with E-state index >= 15 is 0 Å². The Morgan fingerprint density at radius 3 is 2.25 bits per heavy atom. The summed E-state index contributed by atoms with van der Waals surface area (Å²) in [5.41, 5.74) is 8.13. The van der Waals surface area contributed by atoms with Crippen LogP contribution in [0.4, 0.5) is 0 Å². The Morgan fingerprint density at radius 1 is 1.25 bits per heavy atom. The molecule has 0 saturated carbocycles. The highest BCUT2D eigenvalue weighted by Gasteiger charge is 2.11. The fraction of sp³-hybridized carbons (Fsp3) is 0.538. The Hall–Kier alpha value is -0.900. The first-order valence-corrected chi connectivity index (χ1v) is 5.60. The number of benzene rings is 1. The van der Waals surface area contributed by atoms with E-state index in [4.69, 9.17) is 10.6 Å². The second-order valence-electron chi connectivity index (χ2n) is 4.40. The highest BCUT2D eigenvalue weighted by atomic mass is 16.5. The molecule has 0 aliphatic rings. The van der Waals surface area contributed by atoms with Gasteiger partial charge in [0.05, 0.1) is 6.61 Å². The maximum atomic E-state index is 5.51. The van der Waals surface area contributed by atoms with Crippen molar-refractivity contribution in [2.45, 2.75) is 33.2 Å². The normalized spacial score (nSPS) is 12.8. The SMILES string of the molecule is COCC(Cc1c(C)cc(C)cc1C)NN. The molecular formula is C13H22N2O. The quantitative estimate of drug-likeness (QED) is 0.588. The van der Waals surface area contributed by atoms with E-state index in [1.165, 1.54) is 22.3 Å². The summed E-state index contributed by atoms with van der Waals surface area (Å²) < 4.78 is 5.13. The molecule has 0 bridgehead atoms. The molecule has 90 valence electrons. The molecule has 1 atom stereocenters. The van der Waals surface area contributed by atoms with Crippen molar-refractivity contribution in [2.24, 2.45) is 5.84 Å². The van der Waals surface area contributed by atoms with Crippen LogP contribution in [-0.2, 0) is 11.2 Å². The molecule has 3 nitrogen and oxygen atoms in total. The summed E-state index contributed by atoms with van der Waals surface area (Å²) in [5.74, 6) is 5.51. The van der Waals surface area contributed by atoms with Gasteiger partial charge in [-0.25, -0.2) is 0 Å². The third-order valence-corrected chi connectivity index (χ3v) is 2.89. The highest BCUT2D eigenvalue weighted by molar-refractivity contribution is 5.38. The summed E-state index contributed by atoms with van der Waals surface area (Å²) in [6.07, 6.45) is 0.905. The molecule has 0 amide bonds. The molecule has 0 fully saturated rings. The smallest absolute Gasteiger partial charge is 0.0632 e. The van der Waals surface area contributed by atoms with Crippen molar-refractivity contribution in [3.05, 3.63) is 34.4 Å². The summed E-state index contributed by atoms with van der Waals surface area (Å²) in [4.78, 5) is 0. The largest absolute Gasteiger partial charge is 0.383 e. The van der Waals surface area contributed by atoms with Crippen LogP contribution in [0.25, 0.3) is 0 Å². The van der Waals surface area contributed by atoms with Crippen LogP contribution in [0.3, 0.4) is 0 Å². The molecule has 0 aromatic heterocycles. The van der Waals surface area contributed by atoms with Crippen molar-refractivity contribution in [3.63, 3.8) is 0 Å². The molecule has 16 heavy (non-hydrogen) atoms. The molecular weight excluding hydrogens is 200 g/mol. The van der Waals surface area contributed by atoms with Gasteiger partial charge in [0.25, 0.3) is 0 Å². The van der Waals surface area contributed by atoms with Crippen LogP contribution in [0.15, 0.2) is 12.1 Å². The van der Waals surface area contributed by atoms with Gasteiger partial charge in [-0.15, -0.1) is 0 Å². The second kappa shape index (κ2) is 5.99. The summed E-state index contributed by atoms with van der Waals surface area (Å²) >= 11 is 0. The minimum Gasteiger partial charge on any atom is -0.383 e. The lowest BCUT2D eigenvalue weighted by Crippen LogP contribution is -2.40. The zero-order valence-corrected chi connectivity index (χ0v) is 10.6.